The fourth-order valence-corrected chi connectivity index (χ4v) is 2.82. The molecule has 0 saturated heterocycles. The lowest BCUT2D eigenvalue weighted by Gasteiger charge is -2.22. The van der Waals surface area contributed by atoms with E-state index in [2.05, 4.69) is 34.4 Å². The average molecular weight is 270 g/mol. The number of rotatable bonds is 4. The van der Waals surface area contributed by atoms with Crippen molar-refractivity contribution in [2.45, 2.75) is 44.9 Å². The number of hydrogen-bond donors (Lipinski definition) is 0. The second-order valence-electron chi connectivity index (χ2n) is 5.39. The molecule has 1 heterocycles. The van der Waals surface area contributed by atoms with E-state index in [0.29, 0.717) is 18.7 Å². The van der Waals surface area contributed by atoms with Gasteiger partial charge in [0.15, 0.2) is 5.82 Å². The maximum Gasteiger partial charge on any atom is 0.227 e. The zero-order valence-corrected chi connectivity index (χ0v) is 11.6. The Morgan fingerprint density at radius 1 is 1.40 bits per heavy atom. The fourth-order valence-electron chi connectivity index (χ4n) is 2.82. The third-order valence-electron chi connectivity index (χ3n) is 3.86. The van der Waals surface area contributed by atoms with Crippen LogP contribution in [0.15, 0.2) is 28.8 Å². The average Bonchev–Trinajstić information content (AvgIpc) is 2.93. The number of hydrogen-bond acceptors (Lipinski definition) is 4. The Hall–Kier alpha value is -1.97. The van der Waals surface area contributed by atoms with Gasteiger partial charge in [0.25, 0.3) is 0 Å². The zero-order chi connectivity index (χ0) is 13.9. The van der Waals surface area contributed by atoms with E-state index in [1.54, 1.807) is 6.92 Å². The second kappa shape index (κ2) is 5.57. The van der Waals surface area contributed by atoms with Gasteiger partial charge >= 0.3 is 0 Å². The molecule has 0 saturated carbocycles. The van der Waals surface area contributed by atoms with Gasteiger partial charge in [0.1, 0.15) is 5.78 Å². The second-order valence-corrected chi connectivity index (χ2v) is 5.39. The first-order valence-corrected chi connectivity index (χ1v) is 7.14. The first-order chi connectivity index (χ1) is 9.74. The largest absolute Gasteiger partial charge is 0.339 e. The van der Waals surface area contributed by atoms with Crippen LogP contribution in [0.5, 0.6) is 0 Å². The highest BCUT2D eigenvalue weighted by molar-refractivity contribution is 5.75. The molecule has 0 amide bonds. The Morgan fingerprint density at radius 3 is 3.10 bits per heavy atom. The highest BCUT2D eigenvalue weighted by Gasteiger charge is 2.25. The van der Waals surface area contributed by atoms with E-state index in [-0.39, 0.29) is 11.7 Å². The molecule has 20 heavy (non-hydrogen) atoms. The molecule has 0 aliphatic heterocycles. The van der Waals surface area contributed by atoms with Gasteiger partial charge in [-0.2, -0.15) is 4.98 Å². The summed E-state index contributed by atoms with van der Waals surface area (Å²) in [5.74, 6) is 1.71. The van der Waals surface area contributed by atoms with Crippen molar-refractivity contribution in [3.8, 4) is 0 Å². The molecule has 2 aromatic rings. The Bertz CT molecular complexity index is 618. The van der Waals surface area contributed by atoms with Gasteiger partial charge in [-0.3, -0.25) is 0 Å². The normalized spacial score (nSPS) is 17.8. The van der Waals surface area contributed by atoms with Crippen LogP contribution in [0.1, 0.15) is 54.9 Å². The van der Waals surface area contributed by atoms with E-state index < -0.39 is 0 Å². The molecule has 104 valence electrons. The Morgan fingerprint density at radius 2 is 2.25 bits per heavy atom. The number of fused-ring (bicyclic) bond motifs is 1. The summed E-state index contributed by atoms with van der Waals surface area (Å²) >= 11 is 0. The Balaban J connectivity index is 1.82. The van der Waals surface area contributed by atoms with E-state index in [1.165, 1.54) is 11.1 Å². The van der Waals surface area contributed by atoms with Crippen molar-refractivity contribution in [3.63, 3.8) is 0 Å². The molecule has 1 unspecified atom stereocenters. The van der Waals surface area contributed by atoms with Crippen molar-refractivity contribution in [3.05, 3.63) is 47.1 Å². The van der Waals surface area contributed by atoms with Crippen molar-refractivity contribution in [1.82, 2.24) is 10.1 Å². The van der Waals surface area contributed by atoms with E-state index in [9.17, 15) is 4.79 Å². The van der Waals surface area contributed by atoms with Crippen molar-refractivity contribution >= 4 is 5.78 Å². The number of aromatic nitrogens is 2. The first kappa shape index (κ1) is 13.0. The summed E-state index contributed by atoms with van der Waals surface area (Å²) in [7, 11) is 0. The van der Waals surface area contributed by atoms with Crippen molar-refractivity contribution in [2.24, 2.45) is 0 Å². The highest BCUT2D eigenvalue weighted by atomic mass is 16.5. The van der Waals surface area contributed by atoms with E-state index >= 15 is 0 Å². The van der Waals surface area contributed by atoms with Crippen LogP contribution in [0.3, 0.4) is 0 Å². The molecule has 0 fully saturated rings. The molecule has 1 aromatic carbocycles. The van der Waals surface area contributed by atoms with Gasteiger partial charge in [-0.1, -0.05) is 29.4 Å². The molecule has 1 aliphatic rings. The summed E-state index contributed by atoms with van der Waals surface area (Å²) in [6.45, 7) is 1.58. The molecule has 0 spiro atoms. The number of aryl methyl sites for hydroxylation is 2. The monoisotopic (exact) mass is 270 g/mol. The van der Waals surface area contributed by atoms with Gasteiger partial charge in [-0.05, 0) is 37.3 Å². The molecule has 1 aromatic heterocycles. The molecule has 0 bridgehead atoms. The molecule has 1 atom stereocenters. The van der Waals surface area contributed by atoms with Gasteiger partial charge < -0.3 is 9.32 Å². The Labute approximate surface area is 118 Å². The maximum atomic E-state index is 11.0. The lowest BCUT2D eigenvalue weighted by atomic mass is 9.82. The lowest BCUT2D eigenvalue weighted by molar-refractivity contribution is -0.117. The van der Waals surface area contributed by atoms with Crippen LogP contribution in [-0.4, -0.2) is 15.9 Å². The summed E-state index contributed by atoms with van der Waals surface area (Å²) in [6, 6.07) is 8.48. The fraction of sp³-hybridized carbons (Fsp3) is 0.438. The lowest BCUT2D eigenvalue weighted by Crippen LogP contribution is -2.12. The molecular formula is C16H18N2O2. The van der Waals surface area contributed by atoms with Gasteiger partial charge in [-0.15, -0.1) is 0 Å². The van der Waals surface area contributed by atoms with Crippen molar-refractivity contribution in [1.29, 1.82) is 0 Å². The van der Waals surface area contributed by atoms with Crippen LogP contribution in [0.4, 0.5) is 0 Å². The number of carbonyl (C=O) groups excluding carboxylic acids is 1. The smallest absolute Gasteiger partial charge is 0.227 e. The van der Waals surface area contributed by atoms with E-state index in [4.69, 9.17) is 4.52 Å². The third-order valence-corrected chi connectivity index (χ3v) is 3.86. The SMILES string of the molecule is CC(=O)CCc1nc(C2CCCc3ccccc32)no1. The summed E-state index contributed by atoms with van der Waals surface area (Å²) in [4.78, 5) is 15.5. The minimum Gasteiger partial charge on any atom is -0.339 e. The summed E-state index contributed by atoms with van der Waals surface area (Å²) in [5, 5.41) is 4.12. The third kappa shape index (κ3) is 2.64. The van der Waals surface area contributed by atoms with Crippen LogP contribution in [-0.2, 0) is 17.6 Å². The Kier molecular flexibility index (Phi) is 3.63. The predicted octanol–water partition coefficient (Wildman–Crippen LogP) is 3.06. The molecule has 4 heteroatoms. The van der Waals surface area contributed by atoms with Crippen LogP contribution in [0.25, 0.3) is 0 Å². The van der Waals surface area contributed by atoms with Crippen LogP contribution < -0.4 is 0 Å². The standard InChI is InChI=1S/C16H18N2O2/c1-11(19)9-10-15-17-16(18-20-15)14-8-4-6-12-5-2-3-7-13(12)14/h2-3,5,7,14H,4,6,8-10H2,1H3. The molecule has 0 radical (unpaired) electrons. The first-order valence-electron chi connectivity index (χ1n) is 7.14. The van der Waals surface area contributed by atoms with Crippen LogP contribution in [0, 0.1) is 0 Å². The van der Waals surface area contributed by atoms with E-state index in [0.717, 1.165) is 25.1 Å². The maximum absolute atomic E-state index is 11.0. The zero-order valence-electron chi connectivity index (χ0n) is 11.6. The predicted molar refractivity (Wildman–Crippen MR) is 74.5 cm³/mol. The van der Waals surface area contributed by atoms with Gasteiger partial charge in [0, 0.05) is 18.8 Å². The molecule has 3 rings (SSSR count). The van der Waals surface area contributed by atoms with Gasteiger partial charge in [0.05, 0.1) is 0 Å². The van der Waals surface area contributed by atoms with Gasteiger partial charge in [-0.25, -0.2) is 0 Å². The summed E-state index contributed by atoms with van der Waals surface area (Å²) in [5.41, 5.74) is 2.71. The van der Waals surface area contributed by atoms with E-state index in [1.807, 2.05) is 0 Å². The minimum absolute atomic E-state index is 0.146. The number of nitrogens with zero attached hydrogens (tertiary/aromatic N) is 2. The number of carbonyl (C=O) groups is 1. The highest BCUT2D eigenvalue weighted by Crippen LogP contribution is 2.35. The molecule has 0 N–H and O–H groups in total. The number of ketones is 1. The summed E-state index contributed by atoms with van der Waals surface area (Å²) < 4.78 is 5.27. The van der Waals surface area contributed by atoms with Gasteiger partial charge in [0.2, 0.25) is 5.89 Å². The number of Topliss-reactive ketones (excluding diaryl/α,β-unsaturated/α-hetero) is 1. The molecular weight excluding hydrogens is 252 g/mol. The molecule has 1 aliphatic carbocycles. The topological polar surface area (TPSA) is 56.0 Å². The number of benzene rings is 1. The quantitative estimate of drug-likeness (QED) is 0.856. The van der Waals surface area contributed by atoms with Crippen molar-refractivity contribution in [2.75, 3.05) is 0 Å². The summed E-state index contributed by atoms with van der Waals surface area (Å²) in [6.07, 6.45) is 4.34. The minimum atomic E-state index is 0.146. The van der Waals surface area contributed by atoms with Crippen molar-refractivity contribution < 1.29 is 9.32 Å². The molecule has 4 nitrogen and oxygen atoms in total. The van der Waals surface area contributed by atoms with Crippen LogP contribution in [0.2, 0.25) is 0 Å². The van der Waals surface area contributed by atoms with Crippen LogP contribution >= 0.6 is 0 Å².